The summed E-state index contributed by atoms with van der Waals surface area (Å²) in [6.07, 6.45) is 0. The normalized spacial score (nSPS) is 17.9. The van der Waals surface area contributed by atoms with Crippen LogP contribution in [0.2, 0.25) is 0 Å². The Morgan fingerprint density at radius 3 is 2.39 bits per heavy atom. The maximum Gasteiger partial charge on any atom is 0.246 e. The van der Waals surface area contributed by atoms with Crippen molar-refractivity contribution in [2.45, 2.75) is 4.90 Å². The average molecular weight is 278 g/mol. The predicted octanol–water partition coefficient (Wildman–Crippen LogP) is 0.568. The van der Waals surface area contributed by atoms with Crippen molar-refractivity contribution in [2.24, 2.45) is 0 Å². The lowest BCUT2D eigenvalue weighted by molar-refractivity contribution is 0.0729. The minimum atomic E-state index is -4.00. The lowest BCUT2D eigenvalue weighted by Gasteiger charge is -2.26. The number of nitrogens with zero attached hydrogens (tertiary/aromatic N) is 1. The van der Waals surface area contributed by atoms with Crippen LogP contribution in [-0.2, 0) is 14.8 Å². The number of benzene rings is 1. The van der Waals surface area contributed by atoms with Crippen molar-refractivity contribution in [3.63, 3.8) is 0 Å². The van der Waals surface area contributed by atoms with Crippen molar-refractivity contribution < 1.29 is 21.9 Å². The summed E-state index contributed by atoms with van der Waals surface area (Å²) in [5.41, 5.74) is 4.87. The number of nitrogens with two attached hydrogens (primary N) is 1. The maximum absolute atomic E-state index is 13.5. The fourth-order valence-corrected chi connectivity index (χ4v) is 3.16. The molecule has 0 radical (unpaired) electrons. The largest absolute Gasteiger partial charge is 0.396 e. The molecule has 1 aromatic rings. The summed E-state index contributed by atoms with van der Waals surface area (Å²) in [6.45, 7) is 0.771. The molecule has 1 saturated heterocycles. The maximum atomic E-state index is 13.5. The van der Waals surface area contributed by atoms with Gasteiger partial charge in [-0.15, -0.1) is 0 Å². The molecule has 0 atom stereocenters. The van der Waals surface area contributed by atoms with Crippen LogP contribution in [0.4, 0.5) is 14.5 Å². The highest BCUT2D eigenvalue weighted by Gasteiger charge is 2.29. The van der Waals surface area contributed by atoms with E-state index in [9.17, 15) is 17.2 Å². The number of sulfonamides is 1. The molecule has 2 N–H and O–H groups in total. The Morgan fingerprint density at radius 2 is 1.78 bits per heavy atom. The fraction of sp³-hybridized carbons (Fsp3) is 0.400. The first-order valence-corrected chi connectivity index (χ1v) is 6.69. The van der Waals surface area contributed by atoms with Crippen molar-refractivity contribution in [1.82, 2.24) is 4.31 Å². The Labute approximate surface area is 103 Å². The zero-order chi connectivity index (χ0) is 13.3. The van der Waals surface area contributed by atoms with E-state index < -0.39 is 32.2 Å². The van der Waals surface area contributed by atoms with Crippen molar-refractivity contribution >= 4 is 15.7 Å². The van der Waals surface area contributed by atoms with Crippen molar-refractivity contribution in [1.29, 1.82) is 0 Å². The van der Waals surface area contributed by atoms with Crippen LogP contribution in [0.25, 0.3) is 0 Å². The Morgan fingerprint density at radius 1 is 1.17 bits per heavy atom. The van der Waals surface area contributed by atoms with Crippen LogP contribution in [0.3, 0.4) is 0 Å². The quantitative estimate of drug-likeness (QED) is 0.803. The molecule has 0 spiro atoms. The molecular weight excluding hydrogens is 266 g/mol. The van der Waals surface area contributed by atoms with E-state index in [1.54, 1.807) is 0 Å². The van der Waals surface area contributed by atoms with Crippen LogP contribution < -0.4 is 5.73 Å². The first kappa shape index (κ1) is 13.2. The third-order valence-corrected chi connectivity index (χ3v) is 4.55. The summed E-state index contributed by atoms with van der Waals surface area (Å²) < 4.78 is 56.9. The molecule has 8 heteroatoms. The number of halogens is 2. The smallest absolute Gasteiger partial charge is 0.246 e. The van der Waals surface area contributed by atoms with E-state index >= 15 is 0 Å². The Hall–Kier alpha value is -1.25. The molecule has 1 heterocycles. The van der Waals surface area contributed by atoms with Gasteiger partial charge >= 0.3 is 0 Å². The summed E-state index contributed by atoms with van der Waals surface area (Å²) in [6, 6.07) is 1.28. The molecule has 0 saturated carbocycles. The van der Waals surface area contributed by atoms with Crippen molar-refractivity contribution in [3.8, 4) is 0 Å². The van der Waals surface area contributed by atoms with Gasteiger partial charge in [-0.25, -0.2) is 17.2 Å². The number of rotatable bonds is 2. The highest BCUT2D eigenvalue weighted by atomic mass is 32.2. The van der Waals surface area contributed by atoms with Crippen LogP contribution in [0.15, 0.2) is 17.0 Å². The second-order valence-electron chi connectivity index (χ2n) is 3.82. The Bertz CT molecular complexity index is 556. The minimum absolute atomic E-state index is 0.138. The van der Waals surface area contributed by atoms with E-state index in [4.69, 9.17) is 10.5 Å². The fourth-order valence-electron chi connectivity index (χ4n) is 1.67. The molecule has 0 bridgehead atoms. The lowest BCUT2D eigenvalue weighted by atomic mass is 10.3. The monoisotopic (exact) mass is 278 g/mol. The van der Waals surface area contributed by atoms with E-state index in [2.05, 4.69) is 0 Å². The zero-order valence-corrected chi connectivity index (χ0v) is 10.2. The molecule has 0 aliphatic carbocycles. The van der Waals surface area contributed by atoms with E-state index in [-0.39, 0.29) is 26.3 Å². The van der Waals surface area contributed by atoms with Gasteiger partial charge in [-0.2, -0.15) is 4.31 Å². The van der Waals surface area contributed by atoms with Gasteiger partial charge in [0.05, 0.1) is 18.9 Å². The first-order valence-electron chi connectivity index (χ1n) is 5.25. The molecular formula is C10H12F2N2O3S. The molecule has 1 aliphatic rings. The molecule has 18 heavy (non-hydrogen) atoms. The molecule has 5 nitrogen and oxygen atoms in total. The van der Waals surface area contributed by atoms with Crippen LogP contribution in [0.1, 0.15) is 0 Å². The first-order chi connectivity index (χ1) is 8.43. The van der Waals surface area contributed by atoms with Gasteiger partial charge < -0.3 is 10.5 Å². The second kappa shape index (κ2) is 4.79. The van der Waals surface area contributed by atoms with Gasteiger partial charge in [-0.3, -0.25) is 0 Å². The molecule has 0 unspecified atom stereocenters. The number of hydrogen-bond acceptors (Lipinski definition) is 4. The van der Waals surface area contributed by atoms with Crippen molar-refractivity contribution in [3.05, 3.63) is 23.8 Å². The predicted molar refractivity (Wildman–Crippen MR) is 60.3 cm³/mol. The minimum Gasteiger partial charge on any atom is -0.396 e. The topological polar surface area (TPSA) is 72.6 Å². The standard InChI is InChI=1S/C10H12F2N2O3S/c11-7-5-8(12)10(6-9(7)13)18(15,16)14-1-3-17-4-2-14/h5-6H,1-4,13H2. The summed E-state index contributed by atoms with van der Waals surface area (Å²) in [5, 5.41) is 0. The van der Waals surface area contributed by atoms with E-state index in [0.29, 0.717) is 6.07 Å². The summed E-state index contributed by atoms with van der Waals surface area (Å²) in [4.78, 5) is -0.608. The van der Waals surface area contributed by atoms with Crippen LogP contribution in [0, 0.1) is 11.6 Å². The molecule has 2 rings (SSSR count). The molecule has 1 aliphatic heterocycles. The molecule has 0 aromatic heterocycles. The Balaban J connectivity index is 2.43. The molecule has 0 amide bonds. The van der Waals surface area contributed by atoms with Crippen molar-refractivity contribution in [2.75, 3.05) is 32.0 Å². The average Bonchev–Trinajstić information content (AvgIpc) is 2.34. The third-order valence-electron chi connectivity index (χ3n) is 2.64. The molecule has 1 aromatic carbocycles. The summed E-state index contributed by atoms with van der Waals surface area (Å²) in [7, 11) is -4.00. The lowest BCUT2D eigenvalue weighted by Crippen LogP contribution is -2.40. The number of ether oxygens (including phenoxy) is 1. The highest BCUT2D eigenvalue weighted by Crippen LogP contribution is 2.24. The molecule has 100 valence electrons. The van der Waals surface area contributed by atoms with Crippen LogP contribution in [-0.4, -0.2) is 39.0 Å². The molecule has 1 fully saturated rings. The highest BCUT2D eigenvalue weighted by molar-refractivity contribution is 7.89. The van der Waals surface area contributed by atoms with Gasteiger partial charge in [0.1, 0.15) is 16.5 Å². The number of anilines is 1. The van der Waals surface area contributed by atoms with Gasteiger partial charge in [0, 0.05) is 19.2 Å². The summed E-state index contributed by atoms with van der Waals surface area (Å²) in [5.74, 6) is -2.12. The van der Waals surface area contributed by atoms with E-state index in [1.807, 2.05) is 0 Å². The van der Waals surface area contributed by atoms with Gasteiger partial charge in [0.25, 0.3) is 0 Å². The van der Waals surface area contributed by atoms with Gasteiger partial charge in [-0.1, -0.05) is 0 Å². The van der Waals surface area contributed by atoms with Gasteiger partial charge in [0.2, 0.25) is 10.0 Å². The zero-order valence-electron chi connectivity index (χ0n) is 9.40. The third kappa shape index (κ3) is 2.31. The second-order valence-corrected chi connectivity index (χ2v) is 5.73. The van der Waals surface area contributed by atoms with Crippen LogP contribution >= 0.6 is 0 Å². The number of morpholine rings is 1. The number of nitrogen functional groups attached to an aromatic ring is 1. The van der Waals surface area contributed by atoms with E-state index in [0.717, 1.165) is 10.4 Å². The van der Waals surface area contributed by atoms with Crippen LogP contribution in [0.5, 0.6) is 0 Å². The van der Waals surface area contributed by atoms with Gasteiger partial charge in [0.15, 0.2) is 0 Å². The summed E-state index contributed by atoms with van der Waals surface area (Å²) >= 11 is 0. The Kier molecular flexibility index (Phi) is 3.51. The SMILES string of the molecule is Nc1cc(S(=O)(=O)N2CCOCC2)c(F)cc1F. The number of hydrogen-bond donors (Lipinski definition) is 1. The van der Waals surface area contributed by atoms with Gasteiger partial charge in [-0.05, 0) is 6.07 Å². The van der Waals surface area contributed by atoms with E-state index in [1.165, 1.54) is 0 Å².